The summed E-state index contributed by atoms with van der Waals surface area (Å²) in [5.41, 5.74) is 1.08. The quantitative estimate of drug-likeness (QED) is 0.844. The molecule has 1 heterocycles. The Morgan fingerprint density at radius 3 is 2.35 bits per heavy atom. The molecular weight excluding hydrogens is 244 g/mol. The van der Waals surface area contributed by atoms with Crippen molar-refractivity contribution in [2.45, 2.75) is 71.8 Å². The lowest BCUT2D eigenvalue weighted by atomic mass is 9.68. The summed E-state index contributed by atoms with van der Waals surface area (Å²) in [5.74, 6) is 0.961. The summed E-state index contributed by atoms with van der Waals surface area (Å²) >= 11 is 0. The maximum absolute atomic E-state index is 3.97. The van der Waals surface area contributed by atoms with Crippen LogP contribution in [0.4, 0.5) is 0 Å². The maximum Gasteiger partial charge on any atom is 0.0175 e. The molecule has 20 heavy (non-hydrogen) atoms. The SMILES string of the molecule is CC1(C)C(NCCN2CCCCCC2)[C@]2(C)CC[C@H]1C2. The van der Waals surface area contributed by atoms with Gasteiger partial charge in [0.2, 0.25) is 0 Å². The second-order valence-corrected chi connectivity index (χ2v) is 8.56. The average Bonchev–Trinajstić information content (AvgIpc) is 2.74. The van der Waals surface area contributed by atoms with Gasteiger partial charge in [0.15, 0.2) is 0 Å². The Hall–Kier alpha value is -0.0800. The molecule has 0 spiro atoms. The number of hydrogen-bond donors (Lipinski definition) is 1. The van der Waals surface area contributed by atoms with Crippen LogP contribution >= 0.6 is 0 Å². The molecule has 0 aromatic carbocycles. The van der Waals surface area contributed by atoms with Gasteiger partial charge in [0.25, 0.3) is 0 Å². The predicted molar refractivity (Wildman–Crippen MR) is 85.9 cm³/mol. The van der Waals surface area contributed by atoms with E-state index >= 15 is 0 Å². The van der Waals surface area contributed by atoms with Crippen molar-refractivity contribution in [2.75, 3.05) is 26.2 Å². The molecule has 1 saturated heterocycles. The van der Waals surface area contributed by atoms with Gasteiger partial charge in [-0.3, -0.25) is 0 Å². The molecule has 0 radical (unpaired) electrons. The van der Waals surface area contributed by atoms with Gasteiger partial charge in [0, 0.05) is 19.1 Å². The lowest BCUT2D eigenvalue weighted by Gasteiger charge is -2.43. The Labute approximate surface area is 125 Å². The fraction of sp³-hybridized carbons (Fsp3) is 1.00. The molecule has 1 aliphatic heterocycles. The number of likely N-dealkylation sites (tertiary alicyclic amines) is 1. The fourth-order valence-electron chi connectivity index (χ4n) is 5.54. The van der Waals surface area contributed by atoms with E-state index in [-0.39, 0.29) is 0 Å². The zero-order valence-corrected chi connectivity index (χ0v) is 13.9. The largest absolute Gasteiger partial charge is 0.312 e. The standard InChI is InChI=1S/C18H34N2/c1-17(2)15-8-9-18(3,14-15)16(17)19-10-13-20-11-6-4-5-7-12-20/h15-16,19H,4-14H2,1-3H3/t15-,16?,18+/m0/s1. The normalized spacial score (nSPS) is 41.0. The van der Waals surface area contributed by atoms with Gasteiger partial charge in [0.1, 0.15) is 0 Å². The van der Waals surface area contributed by atoms with Crippen LogP contribution in [0.15, 0.2) is 0 Å². The average molecular weight is 278 g/mol. The molecular formula is C18H34N2. The second kappa shape index (κ2) is 5.61. The Kier molecular flexibility index (Phi) is 4.16. The van der Waals surface area contributed by atoms with Gasteiger partial charge in [-0.05, 0) is 61.9 Å². The highest BCUT2D eigenvalue weighted by molar-refractivity contribution is 5.11. The van der Waals surface area contributed by atoms with Gasteiger partial charge in [-0.15, -0.1) is 0 Å². The van der Waals surface area contributed by atoms with Crippen molar-refractivity contribution in [1.82, 2.24) is 10.2 Å². The molecule has 0 aromatic heterocycles. The van der Waals surface area contributed by atoms with E-state index < -0.39 is 0 Å². The zero-order chi connectivity index (χ0) is 14.2. The first kappa shape index (κ1) is 14.8. The van der Waals surface area contributed by atoms with E-state index in [4.69, 9.17) is 0 Å². The van der Waals surface area contributed by atoms with E-state index in [0.717, 1.165) is 12.0 Å². The predicted octanol–water partition coefficient (Wildman–Crippen LogP) is 3.67. The van der Waals surface area contributed by atoms with Crippen molar-refractivity contribution < 1.29 is 0 Å². The van der Waals surface area contributed by atoms with Crippen molar-refractivity contribution >= 4 is 0 Å². The highest BCUT2D eigenvalue weighted by Crippen LogP contribution is 2.62. The van der Waals surface area contributed by atoms with Crippen LogP contribution in [0.25, 0.3) is 0 Å². The number of fused-ring (bicyclic) bond motifs is 2. The maximum atomic E-state index is 3.97. The van der Waals surface area contributed by atoms with Crippen molar-refractivity contribution in [1.29, 1.82) is 0 Å². The molecule has 1 unspecified atom stereocenters. The Morgan fingerprint density at radius 1 is 1.05 bits per heavy atom. The molecule has 1 N–H and O–H groups in total. The van der Waals surface area contributed by atoms with Crippen LogP contribution in [0.3, 0.4) is 0 Å². The van der Waals surface area contributed by atoms with Gasteiger partial charge < -0.3 is 10.2 Å². The van der Waals surface area contributed by atoms with Gasteiger partial charge >= 0.3 is 0 Å². The van der Waals surface area contributed by atoms with E-state index in [1.165, 1.54) is 71.1 Å². The first-order valence-corrected chi connectivity index (χ1v) is 8.98. The van der Waals surface area contributed by atoms with Gasteiger partial charge in [-0.1, -0.05) is 33.6 Å². The van der Waals surface area contributed by atoms with Crippen molar-refractivity contribution in [3.05, 3.63) is 0 Å². The fourth-order valence-corrected chi connectivity index (χ4v) is 5.54. The Balaban J connectivity index is 1.50. The van der Waals surface area contributed by atoms with Crippen LogP contribution in [-0.2, 0) is 0 Å². The molecule has 2 heteroatoms. The third-order valence-electron chi connectivity index (χ3n) is 6.74. The summed E-state index contributed by atoms with van der Waals surface area (Å²) in [6, 6.07) is 0.737. The van der Waals surface area contributed by atoms with E-state index in [1.807, 2.05) is 0 Å². The summed E-state index contributed by atoms with van der Waals surface area (Å²) in [6.07, 6.45) is 10.1. The van der Waals surface area contributed by atoms with E-state index in [0.29, 0.717) is 10.8 Å². The lowest BCUT2D eigenvalue weighted by Crippen LogP contribution is -2.52. The van der Waals surface area contributed by atoms with E-state index in [1.54, 1.807) is 0 Å². The second-order valence-electron chi connectivity index (χ2n) is 8.56. The number of nitrogens with zero attached hydrogens (tertiary/aromatic N) is 1. The van der Waals surface area contributed by atoms with Crippen LogP contribution in [0.5, 0.6) is 0 Å². The first-order valence-electron chi connectivity index (χ1n) is 8.98. The van der Waals surface area contributed by atoms with Crippen LogP contribution in [-0.4, -0.2) is 37.1 Å². The molecule has 0 amide bonds. The summed E-state index contributed by atoms with van der Waals surface area (Å²) in [4.78, 5) is 2.68. The van der Waals surface area contributed by atoms with Crippen LogP contribution in [0, 0.1) is 16.7 Å². The molecule has 2 saturated carbocycles. The molecule has 3 atom stereocenters. The van der Waals surface area contributed by atoms with E-state index in [9.17, 15) is 0 Å². The third-order valence-corrected chi connectivity index (χ3v) is 6.74. The molecule has 3 fully saturated rings. The van der Waals surface area contributed by atoms with Crippen molar-refractivity contribution in [3.8, 4) is 0 Å². The van der Waals surface area contributed by atoms with Gasteiger partial charge in [0.05, 0.1) is 0 Å². The highest BCUT2D eigenvalue weighted by Gasteiger charge is 2.58. The lowest BCUT2D eigenvalue weighted by molar-refractivity contribution is 0.106. The topological polar surface area (TPSA) is 15.3 Å². The molecule has 3 aliphatic rings. The molecule has 2 bridgehead atoms. The molecule has 0 aromatic rings. The smallest absolute Gasteiger partial charge is 0.0175 e. The van der Waals surface area contributed by atoms with Gasteiger partial charge in [-0.25, -0.2) is 0 Å². The minimum atomic E-state index is 0.506. The van der Waals surface area contributed by atoms with Crippen LogP contribution in [0.2, 0.25) is 0 Å². The Bertz CT molecular complexity index is 326. The van der Waals surface area contributed by atoms with Crippen molar-refractivity contribution in [3.63, 3.8) is 0 Å². The minimum Gasteiger partial charge on any atom is -0.312 e. The molecule has 2 aliphatic carbocycles. The summed E-state index contributed by atoms with van der Waals surface area (Å²) in [7, 11) is 0. The molecule has 116 valence electrons. The first-order chi connectivity index (χ1) is 9.52. The van der Waals surface area contributed by atoms with Gasteiger partial charge in [-0.2, -0.15) is 0 Å². The number of nitrogens with one attached hydrogen (secondary N) is 1. The summed E-state index contributed by atoms with van der Waals surface area (Å²) < 4.78 is 0. The molecule has 2 nitrogen and oxygen atoms in total. The van der Waals surface area contributed by atoms with Crippen LogP contribution in [0.1, 0.15) is 65.7 Å². The van der Waals surface area contributed by atoms with Crippen molar-refractivity contribution in [2.24, 2.45) is 16.7 Å². The Morgan fingerprint density at radius 2 is 1.75 bits per heavy atom. The minimum absolute atomic E-state index is 0.506. The number of rotatable bonds is 4. The number of hydrogen-bond acceptors (Lipinski definition) is 2. The summed E-state index contributed by atoms with van der Waals surface area (Å²) in [6.45, 7) is 12.7. The third kappa shape index (κ3) is 2.66. The zero-order valence-electron chi connectivity index (χ0n) is 13.9. The summed E-state index contributed by atoms with van der Waals surface area (Å²) in [5, 5.41) is 3.97. The monoisotopic (exact) mass is 278 g/mol. The highest BCUT2D eigenvalue weighted by atomic mass is 15.1. The van der Waals surface area contributed by atoms with E-state index in [2.05, 4.69) is 31.0 Å². The van der Waals surface area contributed by atoms with Crippen LogP contribution < -0.4 is 5.32 Å². The molecule has 3 rings (SSSR count).